The van der Waals surface area contributed by atoms with Crippen molar-refractivity contribution in [2.45, 2.75) is 24.6 Å². The first-order valence-electron chi connectivity index (χ1n) is 4.03. The first-order chi connectivity index (χ1) is 5.34. The van der Waals surface area contributed by atoms with Crippen LogP contribution >= 0.6 is 15.9 Å². The first kappa shape index (κ1) is 12.5. The lowest BCUT2D eigenvalue weighted by atomic mass is 10.1. The monoisotopic (exact) mass is 238 g/mol. The van der Waals surface area contributed by atoms with Gasteiger partial charge < -0.3 is 0 Å². The van der Waals surface area contributed by atoms with Crippen LogP contribution < -0.4 is 0 Å². The zero-order chi connectivity index (χ0) is 8.10. The molecule has 1 rings (SSSR count). The fraction of sp³-hybridized carbons (Fsp3) is 0.400. The van der Waals surface area contributed by atoms with Gasteiger partial charge in [0.05, 0.1) is 0 Å². The molecule has 0 aromatic heterocycles. The van der Waals surface area contributed by atoms with E-state index in [1.165, 1.54) is 18.4 Å². The summed E-state index contributed by atoms with van der Waals surface area (Å²) >= 11 is 3.65. The molecule has 0 heterocycles. The Morgan fingerprint density at radius 2 is 1.83 bits per heavy atom. The van der Waals surface area contributed by atoms with E-state index < -0.39 is 0 Å². The molecule has 0 aliphatic carbocycles. The number of hydrogen-bond acceptors (Lipinski definition) is 0. The minimum absolute atomic E-state index is 0. The maximum absolute atomic E-state index is 3.65. The third-order valence-electron chi connectivity index (χ3n) is 1.70. The van der Waals surface area contributed by atoms with Crippen molar-refractivity contribution < 1.29 is 0 Å². The highest BCUT2D eigenvalue weighted by atomic mass is 79.9. The first-order valence-corrected chi connectivity index (χ1v) is 4.95. The predicted molar refractivity (Wildman–Crippen MR) is 61.6 cm³/mol. The fourth-order valence-corrected chi connectivity index (χ4v) is 1.85. The summed E-state index contributed by atoms with van der Waals surface area (Å²) in [5.41, 5.74) is 1.38. The topological polar surface area (TPSA) is 0 Å². The van der Waals surface area contributed by atoms with E-state index >= 15 is 0 Å². The highest BCUT2D eigenvalue weighted by Crippen LogP contribution is 2.26. The van der Waals surface area contributed by atoms with Crippen molar-refractivity contribution in [3.63, 3.8) is 0 Å². The maximum atomic E-state index is 3.65. The van der Waals surface area contributed by atoms with Crippen LogP contribution in [-0.4, -0.2) is 23.1 Å². The van der Waals surface area contributed by atoms with E-state index in [1.807, 2.05) is 0 Å². The van der Waals surface area contributed by atoms with Crippen LogP contribution in [0.15, 0.2) is 30.3 Å². The van der Waals surface area contributed by atoms with Gasteiger partial charge in [0, 0.05) is 4.83 Å². The molecule has 0 nitrogen and oxygen atoms in total. The summed E-state index contributed by atoms with van der Waals surface area (Å²) < 4.78 is 0. The second-order valence-electron chi connectivity index (χ2n) is 2.67. The molecule has 0 aliphatic heterocycles. The maximum Gasteiger partial charge on any atom is 0.316 e. The molecule has 1 aromatic rings. The number of halogens is 1. The zero-order valence-corrected chi connectivity index (χ0v) is 8.34. The van der Waals surface area contributed by atoms with Crippen molar-refractivity contribution in [2.24, 2.45) is 0 Å². The Morgan fingerprint density at radius 3 is 2.33 bits per heavy atom. The third-order valence-corrected chi connectivity index (χ3v) is 2.69. The van der Waals surface area contributed by atoms with Crippen LogP contribution in [0.4, 0.5) is 0 Å². The Morgan fingerprint density at radius 1 is 1.25 bits per heavy atom. The van der Waals surface area contributed by atoms with Crippen LogP contribution in [0.1, 0.15) is 30.2 Å². The van der Waals surface area contributed by atoms with Crippen LogP contribution in [0.3, 0.4) is 0 Å². The molecule has 2 heteroatoms. The molecule has 0 N–H and O–H groups in total. The van der Waals surface area contributed by atoms with Crippen molar-refractivity contribution in [2.75, 3.05) is 0 Å². The molecule has 0 aliphatic rings. The molecule has 1 atom stereocenters. The second-order valence-corrected chi connectivity index (χ2v) is 3.77. The standard InChI is InChI=1S/C10H13Br.Mg.2H/c1-2-6-10(11)9-7-4-3-5-8-9;;;/h3-5,7-8,10H,2,6H2,1H3;;;. The van der Waals surface area contributed by atoms with Crippen molar-refractivity contribution >= 4 is 39.0 Å². The molecular weight excluding hydrogens is 224 g/mol. The van der Waals surface area contributed by atoms with Crippen molar-refractivity contribution in [1.82, 2.24) is 0 Å². The molecule has 0 bridgehead atoms. The van der Waals surface area contributed by atoms with Crippen molar-refractivity contribution in [3.8, 4) is 0 Å². The number of rotatable bonds is 3. The smallest absolute Gasteiger partial charge is 0.0839 e. The van der Waals surface area contributed by atoms with Crippen LogP contribution in [0.2, 0.25) is 0 Å². The molecule has 0 saturated heterocycles. The van der Waals surface area contributed by atoms with Gasteiger partial charge in [-0.3, -0.25) is 0 Å². The summed E-state index contributed by atoms with van der Waals surface area (Å²) in [6.07, 6.45) is 2.44. The number of alkyl halides is 1. The molecular formula is C10H15BrMg. The molecule has 0 radical (unpaired) electrons. The summed E-state index contributed by atoms with van der Waals surface area (Å²) in [5.74, 6) is 0. The van der Waals surface area contributed by atoms with Gasteiger partial charge >= 0.3 is 23.1 Å². The minimum atomic E-state index is 0. The summed E-state index contributed by atoms with van der Waals surface area (Å²) in [6.45, 7) is 2.21. The molecule has 1 unspecified atom stereocenters. The average molecular weight is 239 g/mol. The number of benzene rings is 1. The van der Waals surface area contributed by atoms with Crippen LogP contribution in [0.5, 0.6) is 0 Å². The predicted octanol–water partition coefficient (Wildman–Crippen LogP) is 3.01. The van der Waals surface area contributed by atoms with E-state index in [2.05, 4.69) is 53.2 Å². The van der Waals surface area contributed by atoms with E-state index in [-0.39, 0.29) is 23.1 Å². The van der Waals surface area contributed by atoms with Gasteiger partial charge in [-0.2, -0.15) is 0 Å². The van der Waals surface area contributed by atoms with E-state index in [0.29, 0.717) is 4.83 Å². The quantitative estimate of drug-likeness (QED) is 0.562. The SMILES string of the molecule is CCCC(Br)c1ccccc1.[MgH2]. The van der Waals surface area contributed by atoms with Gasteiger partial charge in [-0.05, 0) is 12.0 Å². The molecule has 12 heavy (non-hydrogen) atoms. The van der Waals surface area contributed by atoms with Gasteiger partial charge in [-0.25, -0.2) is 0 Å². The average Bonchev–Trinajstić information content (AvgIpc) is 2.07. The molecule has 1 aromatic carbocycles. The second kappa shape index (κ2) is 6.93. The molecule has 0 spiro atoms. The molecule has 0 amide bonds. The Balaban J connectivity index is 0.00000121. The van der Waals surface area contributed by atoms with Crippen molar-refractivity contribution in [3.05, 3.63) is 35.9 Å². The minimum Gasteiger partial charge on any atom is -0.0839 e. The Bertz CT molecular complexity index is 198. The largest absolute Gasteiger partial charge is 0.316 e. The normalized spacial score (nSPS) is 11.8. The van der Waals surface area contributed by atoms with Crippen LogP contribution in [0.25, 0.3) is 0 Å². The van der Waals surface area contributed by atoms with Crippen LogP contribution in [-0.2, 0) is 0 Å². The molecule has 0 saturated carbocycles. The zero-order valence-electron chi connectivity index (χ0n) is 6.76. The Labute approximate surface area is 99.0 Å². The van der Waals surface area contributed by atoms with E-state index in [9.17, 15) is 0 Å². The lowest BCUT2D eigenvalue weighted by Gasteiger charge is -2.07. The Hall–Kier alpha value is 0.466. The lowest BCUT2D eigenvalue weighted by Crippen LogP contribution is -1.87. The third kappa shape index (κ3) is 3.92. The van der Waals surface area contributed by atoms with Crippen molar-refractivity contribution in [1.29, 1.82) is 0 Å². The summed E-state index contributed by atoms with van der Waals surface area (Å²) in [5, 5.41) is 0. The highest BCUT2D eigenvalue weighted by molar-refractivity contribution is 9.09. The molecule has 0 fully saturated rings. The number of hydrogen-bond donors (Lipinski definition) is 0. The summed E-state index contributed by atoms with van der Waals surface area (Å²) in [4.78, 5) is 0.536. The summed E-state index contributed by atoms with van der Waals surface area (Å²) in [6, 6.07) is 10.5. The highest BCUT2D eigenvalue weighted by Gasteiger charge is 2.03. The van der Waals surface area contributed by atoms with E-state index in [0.717, 1.165) is 0 Å². The van der Waals surface area contributed by atoms with Crippen LogP contribution in [0, 0.1) is 0 Å². The van der Waals surface area contributed by atoms with Gasteiger partial charge in [0.2, 0.25) is 0 Å². The summed E-state index contributed by atoms with van der Waals surface area (Å²) in [7, 11) is 0. The van der Waals surface area contributed by atoms with E-state index in [1.54, 1.807) is 0 Å². The Kier molecular flexibility index (Phi) is 7.20. The van der Waals surface area contributed by atoms with E-state index in [4.69, 9.17) is 0 Å². The molecule has 64 valence electrons. The van der Waals surface area contributed by atoms with Gasteiger partial charge in [-0.15, -0.1) is 0 Å². The van der Waals surface area contributed by atoms with Gasteiger partial charge in [0.25, 0.3) is 0 Å². The van der Waals surface area contributed by atoms with Gasteiger partial charge in [0.1, 0.15) is 0 Å². The lowest BCUT2D eigenvalue weighted by molar-refractivity contribution is 0.788. The van der Waals surface area contributed by atoms with Gasteiger partial charge in [0.15, 0.2) is 0 Å². The van der Waals surface area contributed by atoms with Gasteiger partial charge in [-0.1, -0.05) is 59.6 Å². The fourth-order valence-electron chi connectivity index (χ4n) is 1.08.